The van der Waals surface area contributed by atoms with E-state index in [0.29, 0.717) is 5.56 Å². The highest BCUT2D eigenvalue weighted by Crippen LogP contribution is 2.27. The van der Waals surface area contributed by atoms with Gasteiger partial charge in [0.25, 0.3) is 5.22 Å². The van der Waals surface area contributed by atoms with Crippen LogP contribution in [0.1, 0.15) is 13.8 Å². The topological polar surface area (TPSA) is 104 Å². The second-order valence-electron chi connectivity index (χ2n) is 4.12. The van der Waals surface area contributed by atoms with Crippen LogP contribution in [0, 0.1) is 0 Å². The number of esters is 2. The molecule has 0 amide bonds. The van der Waals surface area contributed by atoms with E-state index in [4.69, 9.17) is 13.9 Å². The molecule has 23 heavy (non-hydrogen) atoms. The highest BCUT2D eigenvalue weighted by atomic mass is 32.2. The number of thioether (sulfide) groups is 1. The summed E-state index contributed by atoms with van der Waals surface area (Å²) in [5.41, 5.74) is 0.635. The summed E-state index contributed by atoms with van der Waals surface area (Å²) < 4.78 is 15.2. The third kappa shape index (κ3) is 4.52. The van der Waals surface area contributed by atoms with Crippen molar-refractivity contribution in [3.63, 3.8) is 0 Å². The SMILES string of the molecule is CCOC(=O)C(Sc1nnc(-c2cccnc2)o1)C(=O)OCC. The molecule has 0 N–H and O–H groups in total. The Morgan fingerprint density at radius 3 is 2.48 bits per heavy atom. The maximum absolute atomic E-state index is 11.9. The standard InChI is InChI=1S/C14H15N3O5S/c1-3-20-12(18)10(13(19)21-4-2)23-14-17-16-11(22-14)9-6-5-7-15-8-9/h5-8,10H,3-4H2,1-2H3. The van der Waals surface area contributed by atoms with Gasteiger partial charge in [-0.05, 0) is 37.7 Å². The normalized spacial score (nSPS) is 10.6. The molecule has 0 spiro atoms. The van der Waals surface area contributed by atoms with Crippen LogP contribution in [0.3, 0.4) is 0 Å². The highest BCUT2D eigenvalue weighted by Gasteiger charge is 2.33. The highest BCUT2D eigenvalue weighted by molar-refractivity contribution is 8.01. The van der Waals surface area contributed by atoms with Crippen molar-refractivity contribution in [2.45, 2.75) is 24.3 Å². The number of carbonyl (C=O) groups excluding carboxylic acids is 2. The van der Waals surface area contributed by atoms with Crippen molar-refractivity contribution in [2.24, 2.45) is 0 Å². The molecule has 122 valence electrons. The zero-order valence-corrected chi connectivity index (χ0v) is 13.4. The van der Waals surface area contributed by atoms with Gasteiger partial charge in [0, 0.05) is 12.4 Å². The number of pyridine rings is 1. The molecule has 8 nitrogen and oxygen atoms in total. The number of rotatable bonds is 7. The Kier molecular flexibility index (Phi) is 6.10. The molecule has 0 saturated carbocycles. The average Bonchev–Trinajstić information content (AvgIpc) is 3.02. The molecule has 0 radical (unpaired) electrons. The van der Waals surface area contributed by atoms with Gasteiger partial charge in [0.1, 0.15) is 0 Å². The van der Waals surface area contributed by atoms with Gasteiger partial charge in [-0.3, -0.25) is 14.6 Å². The summed E-state index contributed by atoms with van der Waals surface area (Å²) in [4.78, 5) is 27.7. The molecule has 2 aromatic rings. The molecule has 0 saturated heterocycles. The van der Waals surface area contributed by atoms with Gasteiger partial charge >= 0.3 is 11.9 Å². The van der Waals surface area contributed by atoms with Crippen LogP contribution in [0.4, 0.5) is 0 Å². The minimum Gasteiger partial charge on any atom is -0.465 e. The second-order valence-corrected chi connectivity index (χ2v) is 5.17. The lowest BCUT2D eigenvalue weighted by molar-refractivity contribution is -0.152. The third-order valence-corrected chi connectivity index (χ3v) is 3.52. The van der Waals surface area contributed by atoms with Crippen molar-refractivity contribution in [3.05, 3.63) is 24.5 Å². The first-order valence-corrected chi connectivity index (χ1v) is 7.77. The van der Waals surface area contributed by atoms with Gasteiger partial charge in [-0.2, -0.15) is 0 Å². The molecule has 0 fully saturated rings. The van der Waals surface area contributed by atoms with Crippen molar-refractivity contribution in [1.82, 2.24) is 15.2 Å². The smallest absolute Gasteiger partial charge is 0.331 e. The van der Waals surface area contributed by atoms with E-state index in [0.717, 1.165) is 11.8 Å². The lowest BCUT2D eigenvalue weighted by Gasteiger charge is -2.11. The van der Waals surface area contributed by atoms with Crippen molar-refractivity contribution < 1.29 is 23.5 Å². The predicted octanol–water partition coefficient (Wildman–Crippen LogP) is 1.72. The van der Waals surface area contributed by atoms with Crippen molar-refractivity contribution >= 4 is 23.7 Å². The van der Waals surface area contributed by atoms with Crippen molar-refractivity contribution in [3.8, 4) is 11.5 Å². The van der Waals surface area contributed by atoms with E-state index in [1.54, 1.807) is 38.4 Å². The maximum Gasteiger partial charge on any atom is 0.331 e. The first-order valence-electron chi connectivity index (χ1n) is 6.89. The average molecular weight is 337 g/mol. The number of nitrogens with zero attached hydrogens (tertiary/aromatic N) is 3. The fraction of sp³-hybridized carbons (Fsp3) is 0.357. The summed E-state index contributed by atoms with van der Waals surface area (Å²) in [6, 6.07) is 3.48. The Morgan fingerprint density at radius 2 is 1.91 bits per heavy atom. The summed E-state index contributed by atoms with van der Waals surface area (Å²) in [6.07, 6.45) is 3.18. The van der Waals surface area contributed by atoms with Crippen molar-refractivity contribution in [2.75, 3.05) is 13.2 Å². The van der Waals surface area contributed by atoms with Gasteiger partial charge < -0.3 is 13.9 Å². The first kappa shape index (κ1) is 16.9. The lowest BCUT2D eigenvalue weighted by atomic mass is 10.3. The monoisotopic (exact) mass is 337 g/mol. The molecule has 2 rings (SSSR count). The van der Waals surface area contributed by atoms with E-state index in [-0.39, 0.29) is 24.3 Å². The largest absolute Gasteiger partial charge is 0.465 e. The van der Waals surface area contributed by atoms with Crippen molar-refractivity contribution in [1.29, 1.82) is 0 Å². The minimum absolute atomic E-state index is 0.0648. The minimum atomic E-state index is -1.21. The number of carbonyl (C=O) groups is 2. The Morgan fingerprint density at radius 1 is 1.22 bits per heavy atom. The fourth-order valence-corrected chi connectivity index (χ4v) is 2.34. The predicted molar refractivity (Wildman–Crippen MR) is 80.4 cm³/mol. The van der Waals surface area contributed by atoms with Gasteiger partial charge in [-0.25, -0.2) is 0 Å². The number of ether oxygens (including phenoxy) is 2. The molecule has 9 heteroatoms. The Balaban J connectivity index is 2.15. The third-order valence-electron chi connectivity index (χ3n) is 2.53. The van der Waals surface area contributed by atoms with Gasteiger partial charge in [-0.15, -0.1) is 10.2 Å². The van der Waals surface area contributed by atoms with Crippen LogP contribution in [-0.2, 0) is 19.1 Å². The summed E-state index contributed by atoms with van der Waals surface area (Å²) in [5, 5.41) is 6.54. The van der Waals surface area contributed by atoms with Crippen LogP contribution in [0.25, 0.3) is 11.5 Å². The zero-order valence-electron chi connectivity index (χ0n) is 12.6. The second kappa shape index (κ2) is 8.28. The van der Waals surface area contributed by atoms with E-state index in [9.17, 15) is 9.59 Å². The van der Waals surface area contributed by atoms with Crippen LogP contribution in [-0.4, -0.2) is 45.6 Å². The lowest BCUT2D eigenvalue weighted by Crippen LogP contribution is -2.30. The molecule has 0 bridgehead atoms. The van der Waals surface area contributed by atoms with E-state index in [2.05, 4.69) is 15.2 Å². The molecular formula is C14H15N3O5S. The number of aromatic nitrogens is 3. The quantitative estimate of drug-likeness (QED) is 0.424. The molecule has 0 atom stereocenters. The maximum atomic E-state index is 11.9. The van der Waals surface area contributed by atoms with Crippen LogP contribution >= 0.6 is 11.8 Å². The fourth-order valence-electron chi connectivity index (χ4n) is 1.59. The van der Waals surface area contributed by atoms with E-state index < -0.39 is 17.2 Å². The molecule has 0 aliphatic carbocycles. The molecule has 2 heterocycles. The molecule has 2 aromatic heterocycles. The van der Waals surface area contributed by atoms with E-state index >= 15 is 0 Å². The summed E-state index contributed by atoms with van der Waals surface area (Å²) in [7, 11) is 0. The van der Waals surface area contributed by atoms with Crippen LogP contribution in [0.5, 0.6) is 0 Å². The molecular weight excluding hydrogens is 322 g/mol. The van der Waals surface area contributed by atoms with Gasteiger partial charge in [0.2, 0.25) is 11.1 Å². The molecule has 0 aliphatic rings. The van der Waals surface area contributed by atoms with E-state index in [1.165, 1.54) is 0 Å². The summed E-state index contributed by atoms with van der Waals surface area (Å²) in [6.45, 7) is 3.61. The van der Waals surface area contributed by atoms with Crippen LogP contribution in [0.2, 0.25) is 0 Å². The van der Waals surface area contributed by atoms with Gasteiger partial charge in [0.15, 0.2) is 0 Å². The molecule has 0 unspecified atom stereocenters. The number of hydrogen-bond acceptors (Lipinski definition) is 9. The number of hydrogen-bond donors (Lipinski definition) is 0. The molecule has 0 aromatic carbocycles. The molecule has 0 aliphatic heterocycles. The summed E-state index contributed by atoms with van der Waals surface area (Å²) >= 11 is 0.791. The van der Waals surface area contributed by atoms with Crippen LogP contribution in [0.15, 0.2) is 34.2 Å². The Bertz CT molecular complexity index is 643. The van der Waals surface area contributed by atoms with E-state index in [1.807, 2.05) is 0 Å². The summed E-state index contributed by atoms with van der Waals surface area (Å²) in [5.74, 6) is -1.18. The van der Waals surface area contributed by atoms with Gasteiger partial charge in [0.05, 0.1) is 18.8 Å². The zero-order chi connectivity index (χ0) is 16.7. The van der Waals surface area contributed by atoms with Gasteiger partial charge in [-0.1, -0.05) is 0 Å². The van der Waals surface area contributed by atoms with Crippen LogP contribution < -0.4 is 0 Å². The Labute approximate surface area is 136 Å². The Hall–Kier alpha value is -2.42. The first-order chi connectivity index (χ1) is 11.2.